The number of hydrogen-bond donors (Lipinski definition) is 1. The second-order valence-electron chi connectivity index (χ2n) is 10.6. The molecule has 3 aromatic carbocycles. The van der Waals surface area contributed by atoms with E-state index in [1.165, 1.54) is 24.5 Å². The first-order valence-electron chi connectivity index (χ1n) is 15.0. The first-order chi connectivity index (χ1) is 23.1. The van der Waals surface area contributed by atoms with Gasteiger partial charge in [0.15, 0.2) is 16.3 Å². The third kappa shape index (κ3) is 7.37. The molecule has 1 atom stereocenters. The largest absolute Gasteiger partial charge is 0.496 e. The van der Waals surface area contributed by atoms with Crippen molar-refractivity contribution >= 4 is 67.9 Å². The van der Waals surface area contributed by atoms with Crippen molar-refractivity contribution in [1.29, 1.82) is 0 Å². The van der Waals surface area contributed by atoms with Gasteiger partial charge in [0.2, 0.25) is 0 Å². The van der Waals surface area contributed by atoms with E-state index in [0.29, 0.717) is 65.4 Å². The molecule has 250 valence electrons. The maximum atomic E-state index is 14.2. The highest BCUT2D eigenvalue weighted by molar-refractivity contribution is 14.1. The molecule has 0 bridgehead atoms. The molecule has 0 saturated carbocycles. The number of carboxylic acid groups (broad SMARTS) is 1. The Balaban J connectivity index is 1.60. The lowest BCUT2D eigenvalue weighted by atomic mass is 9.94. The number of aromatic nitrogens is 1. The van der Waals surface area contributed by atoms with E-state index in [2.05, 4.69) is 38.5 Å². The number of benzene rings is 3. The van der Waals surface area contributed by atoms with Crippen molar-refractivity contribution in [2.45, 2.75) is 39.3 Å². The smallest absolute Gasteiger partial charge is 0.338 e. The number of carbonyl (C=O) groups is 2. The first-order valence-corrected chi connectivity index (χ1v) is 17.7. The third-order valence-electron chi connectivity index (χ3n) is 7.49. The van der Waals surface area contributed by atoms with Crippen LogP contribution in [-0.4, -0.2) is 42.4 Å². The average molecular weight is 848 g/mol. The molecule has 1 N–H and O–H groups in total. The second kappa shape index (κ2) is 15.5. The number of halogens is 2. The Morgan fingerprint density at radius 2 is 1.85 bits per heavy atom. The zero-order chi connectivity index (χ0) is 34.5. The van der Waals surface area contributed by atoms with Crippen LogP contribution in [0, 0.1) is 3.57 Å². The molecule has 5 rings (SSSR count). The fraction of sp³-hybridized carbons (Fsp3) is 0.257. The van der Waals surface area contributed by atoms with Gasteiger partial charge in [-0.3, -0.25) is 9.36 Å². The van der Waals surface area contributed by atoms with E-state index < -0.39 is 18.0 Å². The number of methoxy groups -OCH3 is 2. The fourth-order valence-corrected chi connectivity index (χ4v) is 7.71. The molecule has 13 heteroatoms. The molecule has 0 amide bonds. The van der Waals surface area contributed by atoms with Crippen molar-refractivity contribution in [2.24, 2.45) is 4.99 Å². The minimum absolute atomic E-state index is 0.135. The van der Waals surface area contributed by atoms with Crippen molar-refractivity contribution in [3.05, 3.63) is 116 Å². The highest BCUT2D eigenvalue weighted by Gasteiger charge is 2.34. The molecule has 1 aromatic heterocycles. The van der Waals surface area contributed by atoms with E-state index in [1.54, 1.807) is 55.0 Å². The Bertz CT molecular complexity index is 2110. The lowest BCUT2D eigenvalue weighted by Crippen LogP contribution is -2.40. The summed E-state index contributed by atoms with van der Waals surface area (Å²) in [5.41, 5.74) is 2.89. The summed E-state index contributed by atoms with van der Waals surface area (Å²) in [5.74, 6) is 0.0318. The zero-order valence-corrected chi connectivity index (χ0v) is 31.1. The summed E-state index contributed by atoms with van der Waals surface area (Å²) in [6, 6.07) is 14.9. The molecule has 0 saturated heterocycles. The van der Waals surface area contributed by atoms with E-state index in [-0.39, 0.29) is 24.3 Å². The standard InChI is InChI=1S/C35H32BrIN2O8S/c1-5-8-25-29(34(43)46-6-2)30(21-11-12-26(44-3)23(36)17-21)39-32(40)28(48-35(39)38-25)16-20-14-24(37)31(27(15-20)45-4)47-18-19-9-7-10-22(13-19)33(41)42/h7,9-17,30H,5-6,8,18H2,1-4H3,(H,41,42)/b28-16-/t30-/m0/s1. The van der Waals surface area contributed by atoms with Crippen LogP contribution in [0.1, 0.15) is 59.8 Å². The molecule has 0 fully saturated rings. The number of carbonyl (C=O) groups excluding carboxylic acids is 1. The average Bonchev–Trinajstić information content (AvgIpc) is 3.37. The Kier molecular flexibility index (Phi) is 11.4. The number of thiazole rings is 1. The summed E-state index contributed by atoms with van der Waals surface area (Å²) >= 11 is 6.94. The number of aromatic carboxylic acids is 1. The third-order valence-corrected chi connectivity index (χ3v) is 9.89. The van der Waals surface area contributed by atoms with Crippen LogP contribution in [0.25, 0.3) is 6.08 Å². The van der Waals surface area contributed by atoms with Crippen LogP contribution in [0.5, 0.6) is 17.2 Å². The van der Waals surface area contributed by atoms with E-state index in [0.717, 1.165) is 9.99 Å². The molecule has 2 heterocycles. The van der Waals surface area contributed by atoms with E-state index >= 15 is 0 Å². The summed E-state index contributed by atoms with van der Waals surface area (Å²) in [7, 11) is 3.10. The summed E-state index contributed by atoms with van der Waals surface area (Å²) in [4.78, 5) is 44.4. The van der Waals surface area contributed by atoms with Crippen LogP contribution in [0.15, 0.2) is 80.1 Å². The van der Waals surface area contributed by atoms with Gasteiger partial charge in [-0.1, -0.05) is 42.9 Å². The highest BCUT2D eigenvalue weighted by Crippen LogP contribution is 2.37. The number of rotatable bonds is 12. The van der Waals surface area contributed by atoms with E-state index in [1.807, 2.05) is 25.1 Å². The van der Waals surface area contributed by atoms with Gasteiger partial charge >= 0.3 is 11.9 Å². The lowest BCUT2D eigenvalue weighted by Gasteiger charge is -2.26. The second-order valence-corrected chi connectivity index (χ2v) is 13.7. The monoisotopic (exact) mass is 846 g/mol. The summed E-state index contributed by atoms with van der Waals surface area (Å²) < 4.78 is 26.0. The molecule has 1 aliphatic rings. The molecule has 4 aromatic rings. The normalized spacial score (nSPS) is 14.3. The number of esters is 1. The van der Waals surface area contributed by atoms with Gasteiger partial charge in [-0.25, -0.2) is 14.6 Å². The van der Waals surface area contributed by atoms with Crippen LogP contribution < -0.4 is 29.1 Å². The lowest BCUT2D eigenvalue weighted by molar-refractivity contribution is -0.139. The van der Waals surface area contributed by atoms with Crippen LogP contribution in [0.3, 0.4) is 0 Å². The molecular weight excluding hydrogens is 815 g/mol. The molecule has 1 aliphatic heterocycles. The number of ether oxygens (including phenoxy) is 4. The summed E-state index contributed by atoms with van der Waals surface area (Å²) in [5, 5.41) is 9.32. The van der Waals surface area contributed by atoms with E-state index in [4.69, 9.17) is 23.9 Å². The number of allylic oxidation sites excluding steroid dienone is 1. The van der Waals surface area contributed by atoms with Gasteiger partial charge in [0.05, 0.1) is 56.3 Å². The fourth-order valence-electron chi connectivity index (χ4n) is 5.35. The van der Waals surface area contributed by atoms with Crippen molar-refractivity contribution in [1.82, 2.24) is 4.57 Å². The van der Waals surface area contributed by atoms with Gasteiger partial charge in [-0.05, 0) is 111 Å². The summed E-state index contributed by atoms with van der Waals surface area (Å²) in [6.07, 6.45) is 3.04. The van der Waals surface area contributed by atoms with Gasteiger partial charge in [0, 0.05) is 0 Å². The zero-order valence-electron chi connectivity index (χ0n) is 26.5. The molecule has 0 aliphatic carbocycles. The van der Waals surface area contributed by atoms with Gasteiger partial charge in [0.25, 0.3) is 5.56 Å². The van der Waals surface area contributed by atoms with Crippen LogP contribution in [0.4, 0.5) is 0 Å². The Labute approximate surface area is 302 Å². The predicted octanol–water partition coefficient (Wildman–Crippen LogP) is 6.24. The van der Waals surface area contributed by atoms with Crippen LogP contribution in [0.2, 0.25) is 0 Å². The minimum atomic E-state index is -1.01. The first kappa shape index (κ1) is 35.4. The maximum absolute atomic E-state index is 14.2. The molecule has 48 heavy (non-hydrogen) atoms. The molecular formula is C35H32BrIN2O8S. The number of hydrogen-bond acceptors (Lipinski definition) is 9. The molecule has 0 unspecified atom stereocenters. The quantitative estimate of drug-likeness (QED) is 0.131. The molecule has 0 radical (unpaired) electrons. The topological polar surface area (TPSA) is 126 Å². The SMILES string of the molecule is CCCC1=C(C(=O)OCC)[C@H](c2ccc(OC)c(Br)c2)n2c(s/c(=C\c3cc(I)c(OCc4cccc(C(=O)O)c4)c(OC)c3)c2=O)=N1. The Morgan fingerprint density at radius 1 is 1.08 bits per heavy atom. The molecule has 10 nitrogen and oxygen atoms in total. The van der Waals surface area contributed by atoms with Crippen molar-refractivity contribution in [2.75, 3.05) is 20.8 Å². The van der Waals surface area contributed by atoms with Crippen LogP contribution in [-0.2, 0) is 16.1 Å². The maximum Gasteiger partial charge on any atom is 0.338 e. The number of nitrogens with zero attached hydrogens (tertiary/aromatic N) is 2. The Morgan fingerprint density at radius 3 is 2.52 bits per heavy atom. The van der Waals surface area contributed by atoms with Gasteiger partial charge in [-0.15, -0.1) is 0 Å². The molecule has 0 spiro atoms. The Hall–Kier alpha value is -3.95. The van der Waals surface area contributed by atoms with Gasteiger partial charge in [-0.2, -0.15) is 0 Å². The van der Waals surface area contributed by atoms with Crippen LogP contribution >= 0.6 is 49.9 Å². The highest BCUT2D eigenvalue weighted by atomic mass is 127. The van der Waals surface area contributed by atoms with Crippen molar-refractivity contribution in [3.8, 4) is 17.2 Å². The van der Waals surface area contributed by atoms with Crippen molar-refractivity contribution in [3.63, 3.8) is 0 Å². The number of carboxylic acids is 1. The van der Waals surface area contributed by atoms with Gasteiger partial charge in [0.1, 0.15) is 12.4 Å². The summed E-state index contributed by atoms with van der Waals surface area (Å²) in [6.45, 7) is 4.07. The van der Waals surface area contributed by atoms with E-state index in [9.17, 15) is 19.5 Å². The minimum Gasteiger partial charge on any atom is -0.496 e. The van der Waals surface area contributed by atoms with Gasteiger partial charge < -0.3 is 24.1 Å². The number of fused-ring (bicyclic) bond motifs is 1. The predicted molar refractivity (Wildman–Crippen MR) is 194 cm³/mol. The van der Waals surface area contributed by atoms with Crippen molar-refractivity contribution < 1.29 is 33.6 Å².